The molecule has 288 valence electrons. The molecule has 1 heterocycles. The first kappa shape index (κ1) is 34.2. The molecule has 1 aromatic heterocycles. The topological polar surface area (TPSA) is 16.4 Å². The summed E-state index contributed by atoms with van der Waals surface area (Å²) in [6.07, 6.45) is 6.90. The van der Waals surface area contributed by atoms with Crippen LogP contribution in [0.3, 0.4) is 0 Å². The second kappa shape index (κ2) is 13.2. The lowest BCUT2D eigenvalue weighted by molar-refractivity contribution is -0.0399. The molecule has 0 aliphatic heterocycles. The van der Waals surface area contributed by atoms with Crippen molar-refractivity contribution in [1.82, 2.24) is 0 Å². The quantitative estimate of drug-likeness (QED) is 0.167. The summed E-state index contributed by atoms with van der Waals surface area (Å²) >= 11 is 0. The summed E-state index contributed by atoms with van der Waals surface area (Å²) in [6, 6.07) is 69.9. The van der Waals surface area contributed by atoms with Crippen molar-refractivity contribution in [3.63, 3.8) is 0 Å². The molecule has 4 bridgehead atoms. The molecule has 2 heteroatoms. The van der Waals surface area contributed by atoms with E-state index < -0.39 is 0 Å². The Morgan fingerprint density at radius 3 is 1.68 bits per heavy atom. The first-order chi connectivity index (χ1) is 29.7. The molecule has 4 saturated carbocycles. The molecule has 5 aliphatic carbocycles. The Kier molecular flexibility index (Phi) is 7.52. The Bertz CT molecular complexity index is 3080. The SMILES string of the molecule is c1ccc(-c2ccc(N(c3ccc4c(c3)-c3ccc(-c5ccccc5)cc3C43C4CC5CC(C4)CC3C5)c3ccc4c(c3)oc3ccccc34)c(-c3ccccc3)c2)cc1. The second-order valence-electron chi connectivity index (χ2n) is 18.1. The number of anilines is 3. The number of benzene rings is 8. The van der Waals surface area contributed by atoms with Crippen molar-refractivity contribution in [2.45, 2.75) is 37.5 Å². The van der Waals surface area contributed by atoms with Gasteiger partial charge in [0.2, 0.25) is 0 Å². The van der Waals surface area contributed by atoms with E-state index in [4.69, 9.17) is 4.42 Å². The summed E-state index contributed by atoms with van der Waals surface area (Å²) in [5.74, 6) is 3.15. The molecule has 2 nitrogen and oxygen atoms in total. The molecule has 60 heavy (non-hydrogen) atoms. The molecule has 0 unspecified atom stereocenters. The largest absolute Gasteiger partial charge is 0.456 e. The minimum absolute atomic E-state index is 0.0615. The van der Waals surface area contributed by atoms with Gasteiger partial charge in [0, 0.05) is 39.2 Å². The number of furan rings is 1. The van der Waals surface area contributed by atoms with Crippen LogP contribution in [0.15, 0.2) is 192 Å². The lowest BCUT2D eigenvalue weighted by Crippen LogP contribution is -2.55. The molecule has 0 saturated heterocycles. The van der Waals surface area contributed by atoms with Gasteiger partial charge in [-0.1, -0.05) is 133 Å². The molecular weight excluding hydrogens is 727 g/mol. The highest BCUT2D eigenvalue weighted by Crippen LogP contribution is 2.70. The fraction of sp³-hybridized carbons (Fsp3) is 0.172. The summed E-state index contributed by atoms with van der Waals surface area (Å²) in [5.41, 5.74) is 18.7. The predicted octanol–water partition coefficient (Wildman–Crippen LogP) is 15.8. The zero-order chi connectivity index (χ0) is 39.4. The van der Waals surface area contributed by atoms with Gasteiger partial charge in [-0.15, -0.1) is 0 Å². The van der Waals surface area contributed by atoms with Gasteiger partial charge < -0.3 is 9.32 Å². The summed E-state index contributed by atoms with van der Waals surface area (Å²) in [6.45, 7) is 0. The van der Waals surface area contributed by atoms with Crippen molar-refractivity contribution in [2.24, 2.45) is 23.7 Å². The molecular formula is C58H45NO. The van der Waals surface area contributed by atoms with E-state index in [0.29, 0.717) is 11.8 Å². The maximum absolute atomic E-state index is 6.58. The average Bonchev–Trinajstić information content (AvgIpc) is 3.82. The van der Waals surface area contributed by atoms with E-state index in [1.54, 1.807) is 11.1 Å². The molecule has 0 N–H and O–H groups in total. The van der Waals surface area contributed by atoms with Crippen molar-refractivity contribution in [3.05, 3.63) is 199 Å². The third kappa shape index (κ3) is 5.07. The lowest BCUT2D eigenvalue weighted by Gasteiger charge is -2.61. The lowest BCUT2D eigenvalue weighted by atomic mass is 9.43. The summed E-state index contributed by atoms with van der Waals surface area (Å²) in [7, 11) is 0. The molecule has 14 rings (SSSR count). The molecule has 4 fully saturated rings. The van der Waals surface area contributed by atoms with Crippen LogP contribution in [0.5, 0.6) is 0 Å². The van der Waals surface area contributed by atoms with Crippen LogP contribution in [0.4, 0.5) is 17.1 Å². The Balaban J connectivity index is 1.05. The fourth-order valence-corrected chi connectivity index (χ4v) is 12.8. The van der Waals surface area contributed by atoms with Gasteiger partial charge in [0.15, 0.2) is 0 Å². The van der Waals surface area contributed by atoms with Gasteiger partial charge in [-0.05, 0) is 154 Å². The normalized spacial score (nSPS) is 22.1. The Morgan fingerprint density at radius 1 is 0.383 bits per heavy atom. The van der Waals surface area contributed by atoms with Crippen LogP contribution in [-0.4, -0.2) is 0 Å². The van der Waals surface area contributed by atoms with Crippen molar-refractivity contribution < 1.29 is 4.42 Å². The van der Waals surface area contributed by atoms with Gasteiger partial charge in [-0.3, -0.25) is 0 Å². The van der Waals surface area contributed by atoms with E-state index in [1.807, 2.05) is 0 Å². The van der Waals surface area contributed by atoms with Gasteiger partial charge >= 0.3 is 0 Å². The molecule has 1 spiro atoms. The Hall–Kier alpha value is -6.64. The Morgan fingerprint density at radius 2 is 0.967 bits per heavy atom. The molecule has 8 aromatic carbocycles. The van der Waals surface area contributed by atoms with Crippen LogP contribution in [0.2, 0.25) is 0 Å². The zero-order valence-electron chi connectivity index (χ0n) is 33.6. The highest BCUT2D eigenvalue weighted by Gasteiger charge is 2.61. The van der Waals surface area contributed by atoms with Crippen LogP contribution in [0.1, 0.15) is 43.2 Å². The van der Waals surface area contributed by atoms with Gasteiger partial charge in [0.1, 0.15) is 11.2 Å². The van der Waals surface area contributed by atoms with Gasteiger partial charge in [-0.2, -0.15) is 0 Å². The highest BCUT2D eigenvalue weighted by atomic mass is 16.3. The number of fused-ring (bicyclic) bond motifs is 6. The molecule has 9 aromatic rings. The van der Waals surface area contributed by atoms with Crippen molar-refractivity contribution in [1.29, 1.82) is 0 Å². The maximum Gasteiger partial charge on any atom is 0.137 e. The highest BCUT2D eigenvalue weighted by molar-refractivity contribution is 6.06. The van der Waals surface area contributed by atoms with Gasteiger partial charge in [0.05, 0.1) is 5.69 Å². The second-order valence-corrected chi connectivity index (χ2v) is 18.1. The standard InChI is InChI=1S/C58H45NO/c1-4-12-39(13-5-1)42-21-27-55(51(33-42)41-16-8-3-9-17-41)59(47-22-25-50-49-18-10-11-19-56(49)60-57(50)36-47)46-23-26-53-52(35-46)48-24-20-43(40-14-6-2-7-15-40)34-54(48)58(53)44-29-37-28-38(31-44)32-45(58)30-37/h1-27,33-38,44-45H,28-32H2. The van der Waals surface area contributed by atoms with E-state index >= 15 is 0 Å². The average molecular weight is 772 g/mol. The third-order valence-corrected chi connectivity index (χ3v) is 15.0. The molecule has 0 atom stereocenters. The smallest absolute Gasteiger partial charge is 0.137 e. The number of hydrogen-bond acceptors (Lipinski definition) is 2. The maximum atomic E-state index is 6.58. The van der Waals surface area contributed by atoms with E-state index in [2.05, 4.69) is 193 Å². The number of rotatable bonds is 6. The van der Waals surface area contributed by atoms with Gasteiger partial charge in [-0.25, -0.2) is 0 Å². The minimum atomic E-state index is 0.0615. The molecule has 0 amide bonds. The Labute approximate surface area is 351 Å². The first-order valence-electron chi connectivity index (χ1n) is 22.0. The number of hydrogen-bond donors (Lipinski definition) is 0. The van der Waals surface area contributed by atoms with E-state index in [-0.39, 0.29) is 5.41 Å². The minimum Gasteiger partial charge on any atom is -0.456 e. The number of para-hydroxylation sites is 1. The molecule has 0 radical (unpaired) electrons. The molecule has 5 aliphatic rings. The zero-order valence-corrected chi connectivity index (χ0v) is 33.6. The summed E-state index contributed by atoms with van der Waals surface area (Å²) < 4.78 is 6.58. The van der Waals surface area contributed by atoms with Crippen LogP contribution in [-0.2, 0) is 5.41 Å². The van der Waals surface area contributed by atoms with E-state index in [1.165, 1.54) is 76.6 Å². The summed E-state index contributed by atoms with van der Waals surface area (Å²) in [5, 5.41) is 2.28. The van der Waals surface area contributed by atoms with Gasteiger partial charge in [0.25, 0.3) is 0 Å². The summed E-state index contributed by atoms with van der Waals surface area (Å²) in [4.78, 5) is 2.49. The van der Waals surface area contributed by atoms with Crippen molar-refractivity contribution in [3.8, 4) is 44.5 Å². The number of nitrogens with zero attached hydrogens (tertiary/aromatic N) is 1. The van der Waals surface area contributed by atoms with Crippen LogP contribution >= 0.6 is 0 Å². The monoisotopic (exact) mass is 771 g/mol. The third-order valence-electron chi connectivity index (χ3n) is 15.0. The predicted molar refractivity (Wildman–Crippen MR) is 248 cm³/mol. The van der Waals surface area contributed by atoms with Crippen molar-refractivity contribution in [2.75, 3.05) is 4.90 Å². The van der Waals surface area contributed by atoms with Crippen LogP contribution < -0.4 is 4.90 Å². The first-order valence-corrected chi connectivity index (χ1v) is 22.0. The fourth-order valence-electron chi connectivity index (χ4n) is 12.8. The van der Waals surface area contributed by atoms with E-state index in [9.17, 15) is 0 Å². The van der Waals surface area contributed by atoms with Crippen molar-refractivity contribution >= 4 is 39.0 Å². The van der Waals surface area contributed by atoms with E-state index in [0.717, 1.165) is 50.8 Å². The van der Waals surface area contributed by atoms with Crippen LogP contribution in [0, 0.1) is 23.7 Å². The van der Waals surface area contributed by atoms with Crippen LogP contribution in [0.25, 0.3) is 66.4 Å².